The van der Waals surface area contributed by atoms with Crippen LogP contribution in [0.3, 0.4) is 0 Å². The third-order valence-corrected chi connectivity index (χ3v) is 7.49. The number of fused-ring (bicyclic) bond motifs is 3. The molecule has 160 valence electrons. The van der Waals surface area contributed by atoms with Gasteiger partial charge in [-0.15, -0.1) is 0 Å². The lowest BCUT2D eigenvalue weighted by Gasteiger charge is -2.32. The monoisotopic (exact) mass is 434 g/mol. The van der Waals surface area contributed by atoms with Gasteiger partial charge in [-0.1, -0.05) is 66.6 Å². The van der Waals surface area contributed by atoms with Gasteiger partial charge in [0, 0.05) is 11.1 Å². The van der Waals surface area contributed by atoms with Crippen LogP contribution in [0.4, 0.5) is 5.69 Å². The van der Waals surface area contributed by atoms with Crippen LogP contribution < -0.4 is 9.62 Å². The number of sulfonamides is 1. The molecule has 0 aliphatic carbocycles. The first-order valence-corrected chi connectivity index (χ1v) is 11.8. The summed E-state index contributed by atoms with van der Waals surface area (Å²) in [7, 11) is -3.84. The smallest absolute Gasteiger partial charge is 0.265 e. The van der Waals surface area contributed by atoms with E-state index >= 15 is 0 Å². The number of hydrogen-bond donors (Lipinski definition) is 1. The van der Waals surface area contributed by atoms with Gasteiger partial charge in [-0.3, -0.25) is 9.10 Å². The summed E-state index contributed by atoms with van der Waals surface area (Å²) >= 11 is 0. The lowest BCUT2D eigenvalue weighted by molar-refractivity contribution is -0.120. The van der Waals surface area contributed by atoms with Crippen LogP contribution in [0.25, 0.3) is 11.1 Å². The van der Waals surface area contributed by atoms with Crippen LogP contribution in [-0.4, -0.2) is 20.9 Å². The molecule has 0 aromatic heterocycles. The summed E-state index contributed by atoms with van der Waals surface area (Å²) in [5, 5.41) is 3.01. The van der Waals surface area contributed by atoms with Crippen molar-refractivity contribution in [3.63, 3.8) is 0 Å². The van der Waals surface area contributed by atoms with Crippen LogP contribution in [0.2, 0.25) is 0 Å². The maximum atomic E-state index is 13.4. The highest BCUT2D eigenvalue weighted by atomic mass is 32.2. The highest BCUT2D eigenvalue weighted by Gasteiger charge is 2.36. The predicted molar refractivity (Wildman–Crippen MR) is 124 cm³/mol. The Morgan fingerprint density at radius 1 is 0.935 bits per heavy atom. The summed E-state index contributed by atoms with van der Waals surface area (Å²) in [6, 6.07) is 20.4. The topological polar surface area (TPSA) is 66.5 Å². The largest absolute Gasteiger partial charge is 0.348 e. The molecule has 1 heterocycles. The van der Waals surface area contributed by atoms with E-state index < -0.39 is 10.0 Å². The standard InChI is InChI=1S/C25H26N2O3S/c1-4-22(19-12-9-17(2)10-13-19)26-25(28)16-27-23-14-11-18(3)15-21(23)20-7-5-6-8-24(20)31(27,29)30/h5-15,22H,4,16H2,1-3H3,(H,26,28)/t22-/m1/s1. The zero-order chi connectivity index (χ0) is 22.2. The molecule has 3 aromatic rings. The van der Waals surface area contributed by atoms with Crippen molar-refractivity contribution in [2.45, 2.75) is 38.1 Å². The number of benzene rings is 3. The van der Waals surface area contributed by atoms with Crippen molar-refractivity contribution in [3.05, 3.63) is 83.4 Å². The van der Waals surface area contributed by atoms with Crippen molar-refractivity contribution in [2.75, 3.05) is 10.8 Å². The minimum absolute atomic E-state index is 0.176. The molecule has 1 aliphatic rings. The number of hydrogen-bond acceptors (Lipinski definition) is 3. The van der Waals surface area contributed by atoms with Crippen LogP contribution >= 0.6 is 0 Å². The van der Waals surface area contributed by atoms with Crippen LogP contribution in [0.15, 0.2) is 71.6 Å². The quantitative estimate of drug-likeness (QED) is 0.630. The number of carbonyl (C=O) groups excluding carboxylic acids is 1. The third-order valence-electron chi connectivity index (χ3n) is 5.68. The first-order chi connectivity index (χ1) is 14.8. The molecule has 6 heteroatoms. The van der Waals surface area contributed by atoms with E-state index in [0.29, 0.717) is 17.7 Å². The van der Waals surface area contributed by atoms with Gasteiger partial charge in [0.05, 0.1) is 16.6 Å². The fourth-order valence-corrected chi connectivity index (χ4v) is 5.66. The van der Waals surface area contributed by atoms with E-state index in [1.165, 1.54) is 4.31 Å². The highest BCUT2D eigenvalue weighted by Crippen LogP contribution is 2.43. The van der Waals surface area contributed by atoms with Gasteiger partial charge in [0.2, 0.25) is 5.91 Å². The Hall–Kier alpha value is -3.12. The Kier molecular flexibility index (Phi) is 5.58. The lowest BCUT2D eigenvalue weighted by atomic mass is 10.0. The number of nitrogens with zero attached hydrogens (tertiary/aromatic N) is 1. The Morgan fingerprint density at radius 2 is 1.61 bits per heavy atom. The van der Waals surface area contributed by atoms with Gasteiger partial charge >= 0.3 is 0 Å². The lowest BCUT2D eigenvalue weighted by Crippen LogP contribution is -2.43. The molecule has 1 atom stereocenters. The Morgan fingerprint density at radius 3 is 2.32 bits per heavy atom. The van der Waals surface area contributed by atoms with Crippen molar-refractivity contribution in [1.82, 2.24) is 5.32 Å². The second kappa shape index (κ2) is 8.19. The first kappa shape index (κ1) is 21.1. The van der Waals surface area contributed by atoms with E-state index in [1.807, 2.05) is 69.3 Å². The van der Waals surface area contributed by atoms with Crippen LogP contribution in [0.1, 0.15) is 36.1 Å². The van der Waals surface area contributed by atoms with Gasteiger partial charge < -0.3 is 5.32 Å². The van der Waals surface area contributed by atoms with Crippen molar-refractivity contribution in [3.8, 4) is 11.1 Å². The Labute approximate surface area is 183 Å². The number of aryl methyl sites for hydroxylation is 2. The van der Waals surface area contributed by atoms with E-state index in [1.54, 1.807) is 18.2 Å². The summed E-state index contributed by atoms with van der Waals surface area (Å²) in [6.07, 6.45) is 0.708. The minimum atomic E-state index is -3.84. The van der Waals surface area contributed by atoms with Gasteiger partial charge in [-0.25, -0.2) is 8.42 Å². The molecule has 4 rings (SSSR count). The Balaban J connectivity index is 1.66. The summed E-state index contributed by atoms with van der Waals surface area (Å²) in [6.45, 7) is 5.71. The maximum Gasteiger partial charge on any atom is 0.265 e. The van der Waals surface area contributed by atoms with Gasteiger partial charge in [-0.05, 0) is 44.0 Å². The Bertz CT molecular complexity index is 1230. The molecule has 31 heavy (non-hydrogen) atoms. The van der Waals surface area contributed by atoms with E-state index in [-0.39, 0.29) is 23.4 Å². The van der Waals surface area contributed by atoms with Gasteiger partial charge in [0.25, 0.3) is 10.0 Å². The molecule has 3 aromatic carbocycles. The summed E-state index contributed by atoms with van der Waals surface area (Å²) in [5.74, 6) is -0.332. The normalized spacial score (nSPS) is 15.0. The molecule has 0 saturated carbocycles. The number of carbonyl (C=O) groups is 1. The van der Waals surface area contributed by atoms with E-state index in [9.17, 15) is 13.2 Å². The minimum Gasteiger partial charge on any atom is -0.348 e. The molecule has 0 unspecified atom stereocenters. The second-order valence-corrected chi connectivity index (χ2v) is 9.80. The third kappa shape index (κ3) is 3.95. The van der Waals surface area contributed by atoms with E-state index in [4.69, 9.17) is 0 Å². The van der Waals surface area contributed by atoms with Crippen LogP contribution in [0, 0.1) is 13.8 Å². The predicted octanol–water partition coefficient (Wildman–Crippen LogP) is 4.75. The van der Waals surface area contributed by atoms with Crippen molar-refractivity contribution in [1.29, 1.82) is 0 Å². The molecule has 1 N–H and O–H groups in total. The zero-order valence-electron chi connectivity index (χ0n) is 17.9. The molecule has 0 radical (unpaired) electrons. The van der Waals surface area contributed by atoms with Gasteiger partial charge in [0.15, 0.2) is 0 Å². The first-order valence-electron chi connectivity index (χ1n) is 10.4. The molecule has 0 bridgehead atoms. The number of nitrogens with one attached hydrogen (secondary N) is 1. The number of rotatable bonds is 5. The fourth-order valence-electron chi connectivity index (χ4n) is 4.01. The number of anilines is 1. The second-order valence-electron chi connectivity index (χ2n) is 7.97. The molecule has 0 fully saturated rings. The zero-order valence-corrected chi connectivity index (χ0v) is 18.7. The maximum absolute atomic E-state index is 13.4. The molecule has 1 aliphatic heterocycles. The number of amides is 1. The van der Waals surface area contributed by atoms with Crippen molar-refractivity contribution < 1.29 is 13.2 Å². The van der Waals surface area contributed by atoms with E-state index in [2.05, 4.69) is 5.32 Å². The summed E-state index contributed by atoms with van der Waals surface area (Å²) in [5.41, 5.74) is 5.21. The molecule has 0 spiro atoms. The molecular weight excluding hydrogens is 408 g/mol. The molecule has 0 saturated heterocycles. The molecular formula is C25H26N2O3S. The van der Waals surface area contributed by atoms with Crippen molar-refractivity contribution in [2.24, 2.45) is 0 Å². The van der Waals surface area contributed by atoms with Gasteiger partial charge in [-0.2, -0.15) is 0 Å². The van der Waals surface area contributed by atoms with Crippen molar-refractivity contribution >= 4 is 21.6 Å². The summed E-state index contributed by atoms with van der Waals surface area (Å²) in [4.78, 5) is 13.2. The van der Waals surface area contributed by atoms with Gasteiger partial charge in [0.1, 0.15) is 6.54 Å². The SMILES string of the molecule is CC[C@@H](NC(=O)CN1c2ccc(C)cc2-c2ccccc2S1(=O)=O)c1ccc(C)cc1. The summed E-state index contributed by atoms with van der Waals surface area (Å²) < 4.78 is 28.0. The average molecular weight is 435 g/mol. The van der Waals surface area contributed by atoms with Crippen LogP contribution in [0.5, 0.6) is 0 Å². The molecule has 5 nitrogen and oxygen atoms in total. The van der Waals surface area contributed by atoms with Crippen LogP contribution in [-0.2, 0) is 14.8 Å². The average Bonchev–Trinajstić information content (AvgIpc) is 2.76. The van der Waals surface area contributed by atoms with E-state index in [0.717, 1.165) is 22.3 Å². The molecule has 1 amide bonds. The highest BCUT2D eigenvalue weighted by molar-refractivity contribution is 7.93. The fraction of sp³-hybridized carbons (Fsp3) is 0.240.